The van der Waals surface area contributed by atoms with Crippen LogP contribution < -0.4 is 0 Å². The normalized spacial score (nSPS) is 12.1. The van der Waals surface area contributed by atoms with Crippen molar-refractivity contribution in [3.63, 3.8) is 0 Å². The van der Waals surface area contributed by atoms with E-state index in [9.17, 15) is 8.42 Å². The lowest BCUT2D eigenvalue weighted by Gasteiger charge is -1.98. The molecule has 0 spiro atoms. The molecule has 2 aromatic heterocycles. The van der Waals surface area contributed by atoms with E-state index in [1.165, 1.54) is 10.5 Å². The lowest BCUT2D eigenvalue weighted by atomic mass is 10.5. The Labute approximate surface area is 74.9 Å². The van der Waals surface area contributed by atoms with Gasteiger partial charge in [0.25, 0.3) is 0 Å². The highest BCUT2D eigenvalue weighted by Gasteiger charge is 2.12. The van der Waals surface area contributed by atoms with Crippen molar-refractivity contribution >= 4 is 15.5 Å². The molecule has 0 amide bonds. The molecule has 0 unspecified atom stereocenters. The maximum absolute atomic E-state index is 11.2. The molecule has 2 rings (SSSR count). The zero-order valence-corrected chi connectivity index (χ0v) is 7.61. The molecule has 2 heterocycles. The van der Waals surface area contributed by atoms with Gasteiger partial charge in [0, 0.05) is 12.5 Å². The molecule has 6 heteroatoms. The minimum Gasteiger partial charge on any atom is -0.279 e. The Balaban J connectivity index is 2.91. The summed E-state index contributed by atoms with van der Waals surface area (Å²) in [7, 11) is -3.24. The van der Waals surface area contributed by atoms with Crippen LogP contribution in [-0.2, 0) is 9.84 Å². The molecule has 0 N–H and O–H groups in total. The summed E-state index contributed by atoms with van der Waals surface area (Å²) in [5.74, 6) is 0. The molecule has 0 saturated carbocycles. The van der Waals surface area contributed by atoms with Gasteiger partial charge in [-0.15, -0.1) is 10.2 Å². The predicted octanol–water partition coefficient (Wildman–Crippen LogP) is -0.0670. The molecule has 0 aliphatic heterocycles. The number of sulfone groups is 1. The Morgan fingerprint density at radius 3 is 3.00 bits per heavy atom. The molecular formula is C7H6N3O2S. The van der Waals surface area contributed by atoms with Gasteiger partial charge in [-0.05, 0) is 12.1 Å². The van der Waals surface area contributed by atoms with Crippen LogP contribution in [0.5, 0.6) is 0 Å². The Morgan fingerprint density at radius 1 is 1.54 bits per heavy atom. The van der Waals surface area contributed by atoms with E-state index in [2.05, 4.69) is 16.5 Å². The average Bonchev–Trinajstić information content (AvgIpc) is 2.48. The van der Waals surface area contributed by atoms with E-state index in [-0.39, 0.29) is 4.90 Å². The lowest BCUT2D eigenvalue weighted by molar-refractivity contribution is 0.602. The number of rotatable bonds is 1. The number of hydrogen-bond acceptors (Lipinski definition) is 4. The van der Waals surface area contributed by atoms with Gasteiger partial charge in [0.1, 0.15) is 4.90 Å². The van der Waals surface area contributed by atoms with Crippen molar-refractivity contribution in [3.8, 4) is 0 Å². The van der Waals surface area contributed by atoms with E-state index in [1.54, 1.807) is 12.3 Å². The van der Waals surface area contributed by atoms with E-state index in [1.807, 2.05) is 0 Å². The summed E-state index contributed by atoms with van der Waals surface area (Å²) < 4.78 is 23.9. The van der Waals surface area contributed by atoms with E-state index in [4.69, 9.17) is 0 Å². The van der Waals surface area contributed by atoms with Crippen molar-refractivity contribution in [1.29, 1.82) is 0 Å². The van der Waals surface area contributed by atoms with Crippen molar-refractivity contribution in [2.45, 2.75) is 4.90 Å². The molecule has 13 heavy (non-hydrogen) atoms. The molecular weight excluding hydrogens is 190 g/mol. The fraction of sp³-hybridized carbons (Fsp3) is 0.143. The first-order valence-electron chi connectivity index (χ1n) is 3.50. The summed E-state index contributed by atoms with van der Waals surface area (Å²) in [6, 6.07) is 3.11. The van der Waals surface area contributed by atoms with Gasteiger partial charge in [-0.25, -0.2) is 8.42 Å². The molecule has 1 radical (unpaired) electrons. The summed E-state index contributed by atoms with van der Waals surface area (Å²) in [5.41, 5.74) is 0.310. The van der Waals surface area contributed by atoms with E-state index in [0.717, 1.165) is 6.26 Å². The highest BCUT2D eigenvalue weighted by atomic mass is 32.2. The van der Waals surface area contributed by atoms with Gasteiger partial charge < -0.3 is 0 Å². The number of nitrogens with zero attached hydrogens (tertiary/aromatic N) is 3. The third kappa shape index (κ3) is 1.29. The molecule has 0 saturated heterocycles. The zero-order chi connectivity index (χ0) is 9.47. The van der Waals surface area contributed by atoms with Gasteiger partial charge in [-0.1, -0.05) is 0 Å². The van der Waals surface area contributed by atoms with Crippen molar-refractivity contribution in [3.05, 3.63) is 24.7 Å². The minimum atomic E-state index is -3.24. The summed E-state index contributed by atoms with van der Waals surface area (Å²) in [6.07, 6.45) is 5.30. The smallest absolute Gasteiger partial charge is 0.206 e. The molecule has 67 valence electrons. The maximum Gasteiger partial charge on any atom is 0.206 e. The van der Waals surface area contributed by atoms with Crippen LogP contribution in [0.3, 0.4) is 0 Å². The van der Waals surface area contributed by atoms with Crippen molar-refractivity contribution in [1.82, 2.24) is 14.6 Å². The second-order valence-electron chi connectivity index (χ2n) is 2.64. The molecule has 0 aliphatic rings. The highest BCUT2D eigenvalue weighted by Crippen LogP contribution is 2.12. The average molecular weight is 196 g/mol. The number of fused-ring (bicyclic) bond motifs is 1. The fourth-order valence-corrected chi connectivity index (χ4v) is 1.86. The Bertz CT molecular complexity index is 544. The largest absolute Gasteiger partial charge is 0.279 e. The molecule has 2 aromatic rings. The van der Waals surface area contributed by atoms with Crippen molar-refractivity contribution in [2.24, 2.45) is 0 Å². The quantitative estimate of drug-likeness (QED) is 0.640. The second kappa shape index (κ2) is 2.53. The van der Waals surface area contributed by atoms with Crippen LogP contribution in [0.2, 0.25) is 0 Å². The molecule has 0 atom stereocenters. The standard InChI is InChI=1S/C7H6N3O2S/c1-13(11,12)6-3-2-4-10-5-8-9-7(6)10/h2-4H,1H3. The second-order valence-corrected chi connectivity index (χ2v) is 4.62. The monoisotopic (exact) mass is 196 g/mol. The molecule has 0 aliphatic carbocycles. The molecule has 0 aromatic carbocycles. The van der Waals surface area contributed by atoms with Gasteiger partial charge in [0.2, 0.25) is 6.33 Å². The number of pyridine rings is 1. The van der Waals surface area contributed by atoms with Gasteiger partial charge in [-0.2, -0.15) is 0 Å². The Morgan fingerprint density at radius 2 is 2.31 bits per heavy atom. The number of aromatic nitrogens is 3. The predicted molar refractivity (Wildman–Crippen MR) is 44.9 cm³/mol. The third-order valence-corrected chi connectivity index (χ3v) is 2.75. The number of hydrogen-bond donors (Lipinski definition) is 0. The summed E-state index contributed by atoms with van der Waals surface area (Å²) in [5, 5.41) is 7.16. The van der Waals surface area contributed by atoms with Crippen LogP contribution in [0.15, 0.2) is 23.2 Å². The SMILES string of the molecule is CS(=O)(=O)c1cccn2[c]nnc12. The topological polar surface area (TPSA) is 64.3 Å². The van der Waals surface area contributed by atoms with Gasteiger partial charge in [0.05, 0.1) is 0 Å². The highest BCUT2D eigenvalue weighted by molar-refractivity contribution is 7.90. The first kappa shape index (κ1) is 8.18. The minimum absolute atomic E-state index is 0.170. The summed E-state index contributed by atoms with van der Waals surface area (Å²) >= 11 is 0. The first-order chi connectivity index (χ1) is 6.09. The molecule has 5 nitrogen and oxygen atoms in total. The van der Waals surface area contributed by atoms with Crippen LogP contribution in [0.4, 0.5) is 0 Å². The zero-order valence-electron chi connectivity index (χ0n) is 6.80. The van der Waals surface area contributed by atoms with Crippen LogP contribution >= 0.6 is 0 Å². The van der Waals surface area contributed by atoms with E-state index >= 15 is 0 Å². The first-order valence-corrected chi connectivity index (χ1v) is 5.40. The summed E-state index contributed by atoms with van der Waals surface area (Å²) in [4.78, 5) is 0.170. The van der Waals surface area contributed by atoms with Crippen LogP contribution in [0.25, 0.3) is 5.65 Å². The van der Waals surface area contributed by atoms with Crippen LogP contribution in [-0.4, -0.2) is 29.3 Å². The molecule has 0 bridgehead atoms. The Kier molecular flexibility index (Phi) is 1.59. The van der Waals surface area contributed by atoms with Crippen molar-refractivity contribution < 1.29 is 8.42 Å². The van der Waals surface area contributed by atoms with Gasteiger partial charge >= 0.3 is 0 Å². The van der Waals surface area contributed by atoms with E-state index in [0.29, 0.717) is 5.65 Å². The fourth-order valence-electron chi connectivity index (χ4n) is 1.07. The third-order valence-electron chi connectivity index (χ3n) is 1.63. The van der Waals surface area contributed by atoms with E-state index < -0.39 is 9.84 Å². The van der Waals surface area contributed by atoms with Crippen LogP contribution in [0.1, 0.15) is 0 Å². The maximum atomic E-state index is 11.2. The summed E-state index contributed by atoms with van der Waals surface area (Å²) in [6.45, 7) is 0. The van der Waals surface area contributed by atoms with Crippen molar-refractivity contribution in [2.75, 3.05) is 6.26 Å². The Hall–Kier alpha value is -1.43. The van der Waals surface area contributed by atoms with Gasteiger partial charge in [-0.3, -0.25) is 4.40 Å². The lowest BCUT2D eigenvalue weighted by Crippen LogP contribution is -2.00. The molecule has 0 fully saturated rings. The van der Waals surface area contributed by atoms with Gasteiger partial charge in [0.15, 0.2) is 15.5 Å². The van der Waals surface area contributed by atoms with Crippen LogP contribution in [0, 0.1) is 6.33 Å².